The number of carbonyl (C=O) groups excluding carboxylic acids is 2. The zero-order valence-electron chi connectivity index (χ0n) is 14.3. The van der Waals surface area contributed by atoms with E-state index in [-0.39, 0.29) is 17.9 Å². The van der Waals surface area contributed by atoms with Gasteiger partial charge in [-0.15, -0.1) is 0 Å². The number of aliphatic hydroxyl groups excluding tert-OH is 1. The smallest absolute Gasteiger partial charge is 0.269 e. The highest BCUT2D eigenvalue weighted by Gasteiger charge is 2.33. The molecule has 7 nitrogen and oxygen atoms in total. The first-order chi connectivity index (χ1) is 11.8. The van der Waals surface area contributed by atoms with Gasteiger partial charge in [0.05, 0.1) is 4.92 Å². The van der Waals surface area contributed by atoms with E-state index < -0.39 is 23.2 Å². The molecule has 132 valence electrons. The number of hydrogen-bond acceptors (Lipinski definition) is 6. The van der Waals surface area contributed by atoms with E-state index >= 15 is 0 Å². The molecule has 1 unspecified atom stereocenters. The molecule has 25 heavy (non-hydrogen) atoms. The highest BCUT2D eigenvalue weighted by Crippen LogP contribution is 2.40. The summed E-state index contributed by atoms with van der Waals surface area (Å²) in [7, 11) is 0. The Hall–Kier alpha value is -2.80. The lowest BCUT2D eigenvalue weighted by molar-refractivity contribution is -0.384. The molecule has 0 amide bonds. The van der Waals surface area contributed by atoms with E-state index in [9.17, 15) is 24.8 Å². The zero-order chi connectivity index (χ0) is 18.7. The third-order valence-corrected chi connectivity index (χ3v) is 4.20. The number of non-ortho nitro benzene ring substituents is 1. The van der Waals surface area contributed by atoms with E-state index in [0.717, 1.165) is 5.70 Å². The summed E-state index contributed by atoms with van der Waals surface area (Å²) in [5, 5.41) is 23.5. The van der Waals surface area contributed by atoms with Crippen molar-refractivity contribution >= 4 is 17.3 Å². The van der Waals surface area contributed by atoms with Gasteiger partial charge in [-0.2, -0.15) is 0 Å². The zero-order valence-corrected chi connectivity index (χ0v) is 14.3. The maximum Gasteiger partial charge on any atom is 0.269 e. The fourth-order valence-electron chi connectivity index (χ4n) is 3.18. The third kappa shape index (κ3) is 3.83. The number of nitrogens with zero attached hydrogens (tertiary/aromatic N) is 1. The van der Waals surface area contributed by atoms with Crippen LogP contribution in [-0.4, -0.2) is 28.2 Å². The van der Waals surface area contributed by atoms with Gasteiger partial charge in [-0.05, 0) is 31.9 Å². The predicted octanol–water partition coefficient (Wildman–Crippen LogP) is 2.37. The van der Waals surface area contributed by atoms with Crippen molar-refractivity contribution in [3.63, 3.8) is 0 Å². The number of hydrogen-bond donors (Lipinski definition) is 2. The molecule has 1 heterocycles. The molecule has 0 saturated heterocycles. The summed E-state index contributed by atoms with van der Waals surface area (Å²) in [6.07, 6.45) is 0.113. The number of benzene rings is 1. The van der Waals surface area contributed by atoms with Gasteiger partial charge in [-0.1, -0.05) is 12.1 Å². The van der Waals surface area contributed by atoms with Gasteiger partial charge in [0.15, 0.2) is 5.78 Å². The first-order valence-electron chi connectivity index (χ1n) is 7.81. The number of nitro groups is 1. The van der Waals surface area contributed by atoms with Crippen LogP contribution in [0.15, 0.2) is 46.8 Å². The molecule has 0 aliphatic carbocycles. The Morgan fingerprint density at radius 3 is 2.52 bits per heavy atom. The summed E-state index contributed by atoms with van der Waals surface area (Å²) in [6.45, 7) is 4.28. The second kappa shape index (κ2) is 7.40. The SMILES string of the molecule is CC(=O)CC1=C(C)NC(C)=C(C(=O)CO)C1c1cccc([N+](=O)[O-])c1. The highest BCUT2D eigenvalue weighted by atomic mass is 16.6. The summed E-state index contributed by atoms with van der Waals surface area (Å²) < 4.78 is 0. The van der Waals surface area contributed by atoms with Crippen molar-refractivity contribution in [2.45, 2.75) is 33.1 Å². The van der Waals surface area contributed by atoms with E-state index in [0.29, 0.717) is 22.4 Å². The predicted molar refractivity (Wildman–Crippen MR) is 91.8 cm³/mol. The summed E-state index contributed by atoms with van der Waals surface area (Å²) in [4.78, 5) is 34.6. The lowest BCUT2D eigenvalue weighted by Crippen LogP contribution is -2.30. The van der Waals surface area contributed by atoms with Gasteiger partial charge < -0.3 is 10.4 Å². The lowest BCUT2D eigenvalue weighted by Gasteiger charge is -2.31. The molecule has 0 radical (unpaired) electrons. The monoisotopic (exact) mass is 344 g/mol. The minimum absolute atomic E-state index is 0.0815. The molecule has 1 atom stereocenters. The molecule has 7 heteroatoms. The van der Waals surface area contributed by atoms with Crippen LogP contribution in [-0.2, 0) is 9.59 Å². The van der Waals surface area contributed by atoms with Crippen molar-refractivity contribution in [2.75, 3.05) is 6.61 Å². The fraction of sp³-hybridized carbons (Fsp3) is 0.333. The van der Waals surface area contributed by atoms with Crippen LogP contribution in [0.25, 0.3) is 0 Å². The molecule has 1 aliphatic rings. The van der Waals surface area contributed by atoms with Crippen molar-refractivity contribution in [1.82, 2.24) is 5.32 Å². The Labute approximate surface area is 145 Å². The van der Waals surface area contributed by atoms with E-state index in [4.69, 9.17) is 0 Å². The number of nitrogens with one attached hydrogen (secondary N) is 1. The van der Waals surface area contributed by atoms with E-state index in [1.165, 1.54) is 19.1 Å². The number of dihydropyridines is 1. The summed E-state index contributed by atoms with van der Waals surface area (Å²) in [5.74, 6) is -1.17. The number of ketones is 2. The van der Waals surface area contributed by atoms with Crippen LogP contribution in [0.1, 0.15) is 38.7 Å². The maximum atomic E-state index is 12.3. The Balaban J connectivity index is 2.68. The largest absolute Gasteiger partial charge is 0.388 e. The minimum Gasteiger partial charge on any atom is -0.388 e. The van der Waals surface area contributed by atoms with Crippen LogP contribution in [0.3, 0.4) is 0 Å². The van der Waals surface area contributed by atoms with Crippen LogP contribution in [0.4, 0.5) is 5.69 Å². The van der Waals surface area contributed by atoms with Crippen molar-refractivity contribution in [3.05, 3.63) is 62.5 Å². The molecule has 2 N–H and O–H groups in total. The van der Waals surface area contributed by atoms with Crippen molar-refractivity contribution in [1.29, 1.82) is 0 Å². The molecule has 0 saturated carbocycles. The normalized spacial score (nSPS) is 17.4. The molecule has 0 spiro atoms. The van der Waals surface area contributed by atoms with E-state index in [2.05, 4.69) is 5.32 Å². The molecule has 2 rings (SSSR count). The molecular weight excluding hydrogens is 324 g/mol. The quantitative estimate of drug-likeness (QED) is 0.605. The number of carbonyl (C=O) groups is 2. The van der Waals surface area contributed by atoms with Crippen molar-refractivity contribution < 1.29 is 19.6 Å². The Kier molecular flexibility index (Phi) is 5.48. The van der Waals surface area contributed by atoms with E-state index in [1.54, 1.807) is 26.0 Å². The number of Topliss-reactive ketones (excluding diaryl/α,β-unsaturated/α-hetero) is 2. The van der Waals surface area contributed by atoms with Gasteiger partial charge in [-0.3, -0.25) is 19.7 Å². The average Bonchev–Trinajstić information content (AvgIpc) is 2.56. The molecule has 1 aliphatic heterocycles. The van der Waals surface area contributed by atoms with Crippen molar-refractivity contribution in [2.24, 2.45) is 0 Å². The number of nitro benzene ring substituents is 1. The third-order valence-electron chi connectivity index (χ3n) is 4.20. The van der Waals surface area contributed by atoms with Crippen molar-refractivity contribution in [3.8, 4) is 0 Å². The standard InChI is InChI=1S/C18H20N2O5/c1-10(22)7-15-11(2)19-12(3)17(16(23)9-21)18(15)13-5-4-6-14(8-13)20(24)25/h4-6,8,18-19,21H,7,9H2,1-3H3. The molecular formula is C18H20N2O5. The number of aliphatic hydroxyl groups is 1. The Bertz CT molecular complexity index is 807. The van der Waals surface area contributed by atoms with Gasteiger partial charge in [0, 0.05) is 41.4 Å². The van der Waals surface area contributed by atoms with Gasteiger partial charge in [0.1, 0.15) is 12.4 Å². The molecule has 1 aromatic carbocycles. The van der Waals surface area contributed by atoms with Crippen LogP contribution >= 0.6 is 0 Å². The van der Waals surface area contributed by atoms with Crippen LogP contribution in [0.2, 0.25) is 0 Å². The summed E-state index contributed by atoms with van der Waals surface area (Å²) in [6, 6.07) is 6.01. The Morgan fingerprint density at radius 2 is 1.96 bits per heavy atom. The highest BCUT2D eigenvalue weighted by molar-refractivity contribution is 5.99. The minimum atomic E-state index is -0.674. The fourth-order valence-corrected chi connectivity index (χ4v) is 3.18. The molecule has 1 aromatic rings. The van der Waals surface area contributed by atoms with E-state index in [1.807, 2.05) is 0 Å². The average molecular weight is 344 g/mol. The van der Waals surface area contributed by atoms with Crippen LogP contribution in [0.5, 0.6) is 0 Å². The Morgan fingerprint density at radius 1 is 1.28 bits per heavy atom. The first kappa shape index (κ1) is 18.5. The summed E-state index contributed by atoms with van der Waals surface area (Å²) in [5.41, 5.74) is 2.76. The summed E-state index contributed by atoms with van der Waals surface area (Å²) >= 11 is 0. The number of allylic oxidation sites excluding steroid dienone is 3. The molecule has 0 fully saturated rings. The van der Waals surface area contributed by atoms with Gasteiger partial charge in [-0.25, -0.2) is 0 Å². The number of rotatable bonds is 6. The first-order valence-corrected chi connectivity index (χ1v) is 7.81. The van der Waals surface area contributed by atoms with Gasteiger partial charge in [0.2, 0.25) is 0 Å². The topological polar surface area (TPSA) is 110 Å². The van der Waals surface area contributed by atoms with Gasteiger partial charge >= 0.3 is 0 Å². The lowest BCUT2D eigenvalue weighted by atomic mass is 9.77. The maximum absolute atomic E-state index is 12.3. The second-order valence-electron chi connectivity index (χ2n) is 6.06. The molecule has 0 bridgehead atoms. The van der Waals surface area contributed by atoms with Gasteiger partial charge in [0.25, 0.3) is 5.69 Å². The van der Waals surface area contributed by atoms with Crippen LogP contribution in [0, 0.1) is 10.1 Å². The molecule has 0 aromatic heterocycles. The van der Waals surface area contributed by atoms with Crippen LogP contribution < -0.4 is 5.32 Å². The second-order valence-corrected chi connectivity index (χ2v) is 6.06.